The van der Waals surface area contributed by atoms with Gasteiger partial charge in [0.05, 0.1) is 0 Å². The Kier molecular flexibility index (Phi) is 25.3. The quantitative estimate of drug-likeness (QED) is 0.128. The summed E-state index contributed by atoms with van der Waals surface area (Å²) in [6, 6.07) is 0. The lowest BCUT2D eigenvalue weighted by atomic mass is 9.91. The van der Waals surface area contributed by atoms with Crippen LogP contribution < -0.4 is 0 Å². The molecule has 2 atom stereocenters. The second-order valence-corrected chi connectivity index (χ2v) is 10.7. The van der Waals surface area contributed by atoms with E-state index in [9.17, 15) is 0 Å². The molecule has 0 aliphatic heterocycles. The van der Waals surface area contributed by atoms with E-state index in [1.54, 1.807) is 0 Å². The second-order valence-electron chi connectivity index (χ2n) is 10.7. The monoisotopic (exact) mass is 422 g/mol. The summed E-state index contributed by atoms with van der Waals surface area (Å²) >= 11 is 0. The molecule has 0 aromatic heterocycles. The van der Waals surface area contributed by atoms with E-state index in [1.165, 1.54) is 154 Å². The molecular weight excluding hydrogens is 360 g/mol. The van der Waals surface area contributed by atoms with Crippen molar-refractivity contribution in [1.82, 2.24) is 0 Å². The fraction of sp³-hybridized carbons (Fsp3) is 1.00. The van der Waals surface area contributed by atoms with Crippen molar-refractivity contribution in [3.63, 3.8) is 0 Å². The summed E-state index contributed by atoms with van der Waals surface area (Å²) < 4.78 is 0. The largest absolute Gasteiger partial charge is 0.0654 e. The van der Waals surface area contributed by atoms with Gasteiger partial charge in [-0.05, 0) is 11.8 Å². The van der Waals surface area contributed by atoms with Crippen molar-refractivity contribution in [2.24, 2.45) is 11.8 Å². The van der Waals surface area contributed by atoms with Gasteiger partial charge in [-0.3, -0.25) is 0 Å². The van der Waals surface area contributed by atoms with Gasteiger partial charge in [0.25, 0.3) is 0 Å². The Bertz CT molecular complexity index is 264. The minimum absolute atomic E-state index is 0.953. The van der Waals surface area contributed by atoms with Crippen LogP contribution in [0.4, 0.5) is 0 Å². The summed E-state index contributed by atoms with van der Waals surface area (Å²) in [5.74, 6) is 1.91. The topological polar surface area (TPSA) is 0 Å². The molecule has 30 heavy (non-hydrogen) atoms. The molecule has 0 spiro atoms. The van der Waals surface area contributed by atoms with Crippen molar-refractivity contribution >= 4 is 0 Å². The van der Waals surface area contributed by atoms with Crippen LogP contribution in [0.25, 0.3) is 0 Å². The van der Waals surface area contributed by atoms with E-state index >= 15 is 0 Å². The molecule has 182 valence electrons. The second kappa shape index (κ2) is 25.3. The normalized spacial score (nSPS) is 13.6. The molecule has 0 saturated heterocycles. The van der Waals surface area contributed by atoms with E-state index in [1.807, 2.05) is 0 Å². The van der Waals surface area contributed by atoms with Gasteiger partial charge in [0, 0.05) is 0 Å². The Morgan fingerprint density at radius 2 is 0.533 bits per heavy atom. The average Bonchev–Trinajstić information content (AvgIpc) is 2.75. The standard InChI is InChI=1S/C30H62/c1-5-7-9-11-13-15-17-19-21-23-25-29(3)27-28-30(4)26-24-22-20-18-16-14-12-10-8-6-2/h29-30H,5-28H2,1-4H3/t29-,30+. The predicted molar refractivity (Wildman–Crippen MR) is 140 cm³/mol. The van der Waals surface area contributed by atoms with Crippen LogP contribution in [0.1, 0.15) is 182 Å². The molecule has 0 aliphatic rings. The molecule has 0 fully saturated rings. The SMILES string of the molecule is CCCCCCCCCCCC[C@@H](C)CC[C@@H](C)CCCCCCCCCCCC. The van der Waals surface area contributed by atoms with Crippen molar-refractivity contribution in [1.29, 1.82) is 0 Å². The summed E-state index contributed by atoms with van der Waals surface area (Å²) in [6.07, 6.45) is 35.1. The zero-order valence-electron chi connectivity index (χ0n) is 22.1. The van der Waals surface area contributed by atoms with Crippen molar-refractivity contribution in [3.8, 4) is 0 Å². The van der Waals surface area contributed by atoms with Crippen molar-refractivity contribution < 1.29 is 0 Å². The Morgan fingerprint density at radius 3 is 0.800 bits per heavy atom. The molecule has 0 nitrogen and oxygen atoms in total. The maximum atomic E-state index is 2.50. The van der Waals surface area contributed by atoms with Gasteiger partial charge in [0.15, 0.2) is 0 Å². The van der Waals surface area contributed by atoms with E-state index in [4.69, 9.17) is 0 Å². The van der Waals surface area contributed by atoms with Gasteiger partial charge >= 0.3 is 0 Å². The van der Waals surface area contributed by atoms with Crippen molar-refractivity contribution in [2.45, 2.75) is 182 Å². The van der Waals surface area contributed by atoms with E-state index in [0.29, 0.717) is 0 Å². The highest BCUT2D eigenvalue weighted by molar-refractivity contribution is 4.60. The number of rotatable bonds is 25. The summed E-state index contributed by atoms with van der Waals surface area (Å²) in [7, 11) is 0. The van der Waals surface area contributed by atoms with E-state index in [2.05, 4.69) is 27.7 Å². The lowest BCUT2D eigenvalue weighted by Crippen LogP contribution is -2.01. The van der Waals surface area contributed by atoms with Crippen LogP contribution in [0.3, 0.4) is 0 Å². The highest BCUT2D eigenvalue weighted by atomic mass is 14.1. The molecule has 0 heteroatoms. The Balaban J connectivity index is 3.28. The Labute approximate surface area is 193 Å². The van der Waals surface area contributed by atoms with Crippen LogP contribution in [0, 0.1) is 11.8 Å². The highest BCUT2D eigenvalue weighted by Gasteiger charge is 2.07. The van der Waals surface area contributed by atoms with Gasteiger partial charge in [-0.15, -0.1) is 0 Å². The fourth-order valence-corrected chi connectivity index (χ4v) is 4.82. The molecule has 0 radical (unpaired) electrons. The summed E-state index contributed by atoms with van der Waals surface area (Å²) in [5.41, 5.74) is 0. The predicted octanol–water partition coefficient (Wildman–Crippen LogP) is 11.7. The first kappa shape index (κ1) is 30.0. The smallest absolute Gasteiger partial charge is 0.0443 e. The van der Waals surface area contributed by atoms with Crippen LogP contribution in [0.15, 0.2) is 0 Å². The first-order chi connectivity index (χ1) is 14.7. The maximum Gasteiger partial charge on any atom is -0.0443 e. The highest BCUT2D eigenvalue weighted by Crippen LogP contribution is 2.22. The lowest BCUT2D eigenvalue weighted by Gasteiger charge is -2.15. The maximum absolute atomic E-state index is 2.50. The van der Waals surface area contributed by atoms with E-state index in [0.717, 1.165) is 11.8 Å². The van der Waals surface area contributed by atoms with Gasteiger partial charge < -0.3 is 0 Å². The molecule has 0 aromatic carbocycles. The minimum atomic E-state index is 0.953. The van der Waals surface area contributed by atoms with Gasteiger partial charge in [0.1, 0.15) is 0 Å². The van der Waals surface area contributed by atoms with Gasteiger partial charge in [-0.1, -0.05) is 182 Å². The third kappa shape index (κ3) is 24.3. The third-order valence-electron chi connectivity index (χ3n) is 7.25. The van der Waals surface area contributed by atoms with Crippen molar-refractivity contribution in [2.75, 3.05) is 0 Å². The minimum Gasteiger partial charge on any atom is -0.0654 e. The van der Waals surface area contributed by atoms with Crippen LogP contribution in [0.5, 0.6) is 0 Å². The first-order valence-electron chi connectivity index (χ1n) is 14.7. The molecule has 0 saturated carbocycles. The summed E-state index contributed by atoms with van der Waals surface area (Å²) in [6.45, 7) is 9.61. The molecule has 0 rings (SSSR count). The molecule has 0 N–H and O–H groups in total. The number of hydrogen-bond donors (Lipinski definition) is 0. The number of hydrogen-bond acceptors (Lipinski definition) is 0. The number of unbranched alkanes of at least 4 members (excludes halogenated alkanes) is 18. The van der Waals surface area contributed by atoms with Crippen molar-refractivity contribution in [3.05, 3.63) is 0 Å². The van der Waals surface area contributed by atoms with E-state index < -0.39 is 0 Å². The molecule has 0 heterocycles. The summed E-state index contributed by atoms with van der Waals surface area (Å²) in [4.78, 5) is 0. The van der Waals surface area contributed by atoms with Gasteiger partial charge in [-0.2, -0.15) is 0 Å². The first-order valence-corrected chi connectivity index (χ1v) is 14.7. The zero-order chi connectivity index (χ0) is 22.1. The van der Waals surface area contributed by atoms with Gasteiger partial charge in [-0.25, -0.2) is 0 Å². The fourth-order valence-electron chi connectivity index (χ4n) is 4.82. The molecular formula is C30H62. The van der Waals surface area contributed by atoms with Crippen LogP contribution in [-0.2, 0) is 0 Å². The zero-order valence-corrected chi connectivity index (χ0v) is 22.1. The molecule has 0 aromatic rings. The Hall–Kier alpha value is 0. The Morgan fingerprint density at radius 1 is 0.300 bits per heavy atom. The van der Waals surface area contributed by atoms with Crippen LogP contribution >= 0.6 is 0 Å². The third-order valence-corrected chi connectivity index (χ3v) is 7.25. The summed E-state index contributed by atoms with van der Waals surface area (Å²) in [5, 5.41) is 0. The molecule has 0 amide bonds. The molecule has 0 unspecified atom stereocenters. The van der Waals surface area contributed by atoms with E-state index in [-0.39, 0.29) is 0 Å². The average molecular weight is 423 g/mol. The van der Waals surface area contributed by atoms with Crippen LogP contribution in [0.2, 0.25) is 0 Å². The molecule has 0 bridgehead atoms. The molecule has 0 aliphatic carbocycles. The lowest BCUT2D eigenvalue weighted by molar-refractivity contribution is 0.376. The van der Waals surface area contributed by atoms with Crippen LogP contribution in [-0.4, -0.2) is 0 Å². The van der Waals surface area contributed by atoms with Gasteiger partial charge in [0.2, 0.25) is 0 Å².